The molecular formula is C42H24N4. The molecule has 3 aromatic heterocycles. The average molecular weight is 585 g/mol. The normalized spacial score (nSPS) is 12.3. The van der Waals surface area contributed by atoms with Crippen molar-refractivity contribution < 1.29 is 0 Å². The molecule has 0 fully saturated rings. The zero-order valence-corrected chi connectivity index (χ0v) is 24.6. The number of nitrogens with zero attached hydrogens (tertiary/aromatic N) is 2. The van der Waals surface area contributed by atoms with Crippen LogP contribution in [0.2, 0.25) is 0 Å². The van der Waals surface area contributed by atoms with Crippen LogP contribution in [-0.2, 0) is 0 Å². The lowest BCUT2D eigenvalue weighted by Crippen LogP contribution is -1.79. The average Bonchev–Trinajstić information content (AvgIpc) is 3.88. The second-order valence-electron chi connectivity index (χ2n) is 12.3. The molecule has 3 aliphatic rings. The summed E-state index contributed by atoms with van der Waals surface area (Å²) >= 11 is 0. The van der Waals surface area contributed by atoms with Gasteiger partial charge in [-0.05, 0) is 46.2 Å². The predicted octanol–water partition coefficient (Wildman–Crippen LogP) is 10.9. The van der Waals surface area contributed by atoms with Gasteiger partial charge in [0.2, 0.25) is 0 Å². The molecular weight excluding hydrogens is 560 g/mol. The third-order valence-electron chi connectivity index (χ3n) is 9.84. The van der Waals surface area contributed by atoms with Gasteiger partial charge >= 0.3 is 0 Å². The highest BCUT2D eigenvalue weighted by Crippen LogP contribution is 2.52. The lowest BCUT2D eigenvalue weighted by Gasteiger charge is -2.03. The lowest BCUT2D eigenvalue weighted by molar-refractivity contribution is 1.40. The van der Waals surface area contributed by atoms with Crippen LogP contribution in [0.5, 0.6) is 0 Å². The van der Waals surface area contributed by atoms with Crippen LogP contribution in [0.1, 0.15) is 0 Å². The third-order valence-corrected chi connectivity index (χ3v) is 9.84. The third kappa shape index (κ3) is 3.17. The molecule has 4 heteroatoms. The van der Waals surface area contributed by atoms with E-state index in [-0.39, 0.29) is 0 Å². The Hall–Kier alpha value is -6.26. The standard InChI is InChI=1S/C42H24N4/c1-2-12-25-24(11-1)32-19-34-26-13-3-5-15-28(26)36(44-34)21-38-41-30-17-7-9-23-10-8-18-31(40(23)30)42(41)39(46-38)22-37-29-16-6-4-14-27(29)35(45-37)20-33(25)43-32/h1-22,43,46H. The van der Waals surface area contributed by atoms with E-state index in [9.17, 15) is 0 Å². The maximum absolute atomic E-state index is 5.29. The van der Waals surface area contributed by atoms with Gasteiger partial charge in [0.1, 0.15) is 0 Å². The van der Waals surface area contributed by atoms with Crippen LogP contribution in [0, 0.1) is 0 Å². The van der Waals surface area contributed by atoms with Crippen LogP contribution >= 0.6 is 0 Å². The molecule has 5 aromatic carbocycles. The number of hydrogen-bond acceptors (Lipinski definition) is 2. The number of benzene rings is 5. The van der Waals surface area contributed by atoms with Crippen LogP contribution in [0.25, 0.3) is 111 Å². The van der Waals surface area contributed by atoms with Crippen molar-refractivity contribution in [1.29, 1.82) is 0 Å². The number of H-pyrrole nitrogens is 2. The van der Waals surface area contributed by atoms with Gasteiger partial charge in [-0.25, -0.2) is 9.97 Å². The fourth-order valence-corrected chi connectivity index (χ4v) is 7.88. The molecule has 0 unspecified atom stereocenters. The van der Waals surface area contributed by atoms with Gasteiger partial charge in [0.05, 0.1) is 22.8 Å². The predicted molar refractivity (Wildman–Crippen MR) is 189 cm³/mol. The van der Waals surface area contributed by atoms with Gasteiger partial charge in [-0.15, -0.1) is 0 Å². The Labute approximate surface area is 263 Å². The largest absolute Gasteiger partial charge is 0.354 e. The Balaban J connectivity index is 1.36. The zero-order valence-electron chi connectivity index (χ0n) is 24.6. The number of fused-ring (bicyclic) bond motifs is 22. The van der Waals surface area contributed by atoms with E-state index < -0.39 is 0 Å². The lowest BCUT2D eigenvalue weighted by atomic mass is 10.0. The summed E-state index contributed by atoms with van der Waals surface area (Å²) in [5, 5.41) is 4.88. The Morgan fingerprint density at radius 2 is 0.717 bits per heavy atom. The Kier molecular flexibility index (Phi) is 4.55. The van der Waals surface area contributed by atoms with Crippen LogP contribution in [0.15, 0.2) is 133 Å². The Morgan fingerprint density at radius 3 is 1.17 bits per heavy atom. The SMILES string of the molecule is c1ccc2c(c1)-c1cc3[nH]c(cc4nc(cc5[nH]c(cc-2n1)c1ccccc51)-c1ccccc1-4)c1c3-c2cccc3cccc-1c23. The molecule has 2 aliphatic heterocycles. The fourth-order valence-electron chi connectivity index (χ4n) is 7.88. The van der Waals surface area contributed by atoms with Gasteiger partial charge in [-0.2, -0.15) is 0 Å². The van der Waals surface area contributed by atoms with Crippen molar-refractivity contribution in [1.82, 2.24) is 19.9 Å². The van der Waals surface area contributed by atoms with Crippen molar-refractivity contribution in [2.45, 2.75) is 0 Å². The van der Waals surface area contributed by atoms with Gasteiger partial charge in [0.15, 0.2) is 0 Å². The molecule has 46 heavy (non-hydrogen) atoms. The second kappa shape index (κ2) is 8.68. The maximum Gasteiger partial charge on any atom is 0.0737 e. The first-order chi connectivity index (χ1) is 22.8. The summed E-state index contributed by atoms with van der Waals surface area (Å²) in [6, 6.07) is 47.8. The first-order valence-corrected chi connectivity index (χ1v) is 15.7. The van der Waals surface area contributed by atoms with Crippen molar-refractivity contribution in [3.8, 4) is 67.3 Å². The van der Waals surface area contributed by atoms with E-state index in [1.807, 2.05) is 0 Å². The van der Waals surface area contributed by atoms with E-state index >= 15 is 0 Å². The molecule has 0 atom stereocenters. The van der Waals surface area contributed by atoms with Crippen LogP contribution in [0.4, 0.5) is 0 Å². The molecule has 0 amide bonds. The molecule has 8 aromatic rings. The van der Waals surface area contributed by atoms with Gasteiger partial charge in [0, 0.05) is 66.2 Å². The molecule has 0 saturated heterocycles. The van der Waals surface area contributed by atoms with Gasteiger partial charge in [-0.3, -0.25) is 0 Å². The minimum atomic E-state index is 0.951. The van der Waals surface area contributed by atoms with Gasteiger partial charge < -0.3 is 9.97 Å². The van der Waals surface area contributed by atoms with E-state index in [0.717, 1.165) is 77.9 Å². The summed E-state index contributed by atoms with van der Waals surface area (Å²) in [7, 11) is 0. The zero-order chi connectivity index (χ0) is 29.9. The van der Waals surface area contributed by atoms with E-state index in [1.54, 1.807) is 0 Å². The smallest absolute Gasteiger partial charge is 0.0737 e. The molecule has 1 aliphatic carbocycles. The molecule has 0 radical (unpaired) electrons. The summed E-state index contributed by atoms with van der Waals surface area (Å²) in [6.07, 6.45) is 0. The molecule has 0 saturated carbocycles. The van der Waals surface area contributed by atoms with Crippen LogP contribution < -0.4 is 0 Å². The van der Waals surface area contributed by atoms with Crippen molar-refractivity contribution in [2.24, 2.45) is 0 Å². The first-order valence-electron chi connectivity index (χ1n) is 15.7. The molecule has 11 rings (SSSR count). The number of nitrogens with one attached hydrogen (secondary N) is 2. The highest BCUT2D eigenvalue weighted by atomic mass is 14.8. The summed E-state index contributed by atoms with van der Waals surface area (Å²) < 4.78 is 0. The molecule has 212 valence electrons. The fraction of sp³-hybridized carbons (Fsp3) is 0. The van der Waals surface area contributed by atoms with Crippen molar-refractivity contribution in [3.63, 3.8) is 0 Å². The Morgan fingerprint density at radius 1 is 0.348 bits per heavy atom. The van der Waals surface area contributed by atoms with E-state index in [4.69, 9.17) is 9.97 Å². The van der Waals surface area contributed by atoms with E-state index in [0.29, 0.717) is 0 Å². The number of aromatic amines is 2. The molecule has 8 bridgehead atoms. The minimum Gasteiger partial charge on any atom is -0.354 e. The van der Waals surface area contributed by atoms with Crippen molar-refractivity contribution >= 4 is 43.6 Å². The van der Waals surface area contributed by atoms with Crippen LogP contribution in [-0.4, -0.2) is 19.9 Å². The summed E-state index contributed by atoms with van der Waals surface area (Å²) in [5.74, 6) is 0. The van der Waals surface area contributed by atoms with E-state index in [2.05, 4.69) is 143 Å². The number of rotatable bonds is 0. The first kappa shape index (κ1) is 24.1. The summed E-state index contributed by atoms with van der Waals surface area (Å²) in [5.41, 5.74) is 17.5. The Bertz CT molecular complexity index is 2630. The van der Waals surface area contributed by atoms with E-state index in [1.165, 1.54) is 33.0 Å². The van der Waals surface area contributed by atoms with Crippen molar-refractivity contribution in [3.05, 3.63) is 133 Å². The topological polar surface area (TPSA) is 57.4 Å². The monoisotopic (exact) mass is 584 g/mol. The van der Waals surface area contributed by atoms with Crippen LogP contribution in [0.3, 0.4) is 0 Å². The van der Waals surface area contributed by atoms with Gasteiger partial charge in [-0.1, -0.05) is 109 Å². The quantitative estimate of drug-likeness (QED) is 0.186. The summed E-state index contributed by atoms with van der Waals surface area (Å²) in [4.78, 5) is 18.2. The summed E-state index contributed by atoms with van der Waals surface area (Å²) in [6.45, 7) is 0. The molecule has 4 nitrogen and oxygen atoms in total. The highest BCUT2D eigenvalue weighted by molar-refractivity contribution is 6.22. The maximum atomic E-state index is 5.29. The number of aromatic nitrogens is 4. The highest BCUT2D eigenvalue weighted by Gasteiger charge is 2.27. The molecule has 2 N–H and O–H groups in total. The van der Waals surface area contributed by atoms with Gasteiger partial charge in [0.25, 0.3) is 0 Å². The molecule has 5 heterocycles. The number of hydrogen-bond donors (Lipinski definition) is 2. The molecule has 0 spiro atoms. The minimum absolute atomic E-state index is 0.951. The van der Waals surface area contributed by atoms with Crippen molar-refractivity contribution in [2.75, 3.05) is 0 Å². The second-order valence-corrected chi connectivity index (χ2v) is 12.3.